The summed E-state index contributed by atoms with van der Waals surface area (Å²) in [5.41, 5.74) is -1.30. The molecule has 140 valence electrons. The highest BCUT2D eigenvalue weighted by Gasteiger charge is 2.24. The van der Waals surface area contributed by atoms with E-state index in [9.17, 15) is 22.0 Å². The number of ether oxygens (including phenoxy) is 2. The van der Waals surface area contributed by atoms with Gasteiger partial charge in [-0.2, -0.15) is 0 Å². The largest absolute Gasteiger partial charge is 0.492 e. The predicted octanol–water partition coefficient (Wildman–Crippen LogP) is 3.71. The van der Waals surface area contributed by atoms with E-state index in [1.165, 1.54) is 18.2 Å². The topological polar surface area (TPSA) is 81.7 Å². The van der Waals surface area contributed by atoms with E-state index in [2.05, 4.69) is 25.4 Å². The fraction of sp³-hybridized carbons (Fsp3) is 0.188. The van der Waals surface area contributed by atoms with Crippen LogP contribution in [0.1, 0.15) is 17.3 Å². The van der Waals surface area contributed by atoms with Gasteiger partial charge in [0.1, 0.15) is 27.8 Å². The molecule has 2 rings (SSSR count). The first-order chi connectivity index (χ1) is 12.2. The van der Waals surface area contributed by atoms with E-state index < -0.39 is 38.9 Å². The second-order valence-electron chi connectivity index (χ2n) is 4.94. The SMILES string of the molecule is CCOc1cc(Br)ccc1S(=O)(=O)Nc1cc(F)c(C(=O)OC)c(F)c1. The molecular weight excluding hydrogens is 436 g/mol. The Morgan fingerprint density at radius 3 is 2.35 bits per heavy atom. The van der Waals surface area contributed by atoms with Crippen LogP contribution < -0.4 is 9.46 Å². The molecule has 6 nitrogen and oxygen atoms in total. The van der Waals surface area contributed by atoms with Crippen LogP contribution in [-0.2, 0) is 14.8 Å². The minimum absolute atomic E-state index is 0.0708. The zero-order valence-electron chi connectivity index (χ0n) is 13.7. The van der Waals surface area contributed by atoms with Crippen LogP contribution in [0.2, 0.25) is 0 Å². The summed E-state index contributed by atoms with van der Waals surface area (Å²) < 4.78 is 65.3. The van der Waals surface area contributed by atoms with Gasteiger partial charge >= 0.3 is 5.97 Å². The van der Waals surface area contributed by atoms with Gasteiger partial charge in [-0.25, -0.2) is 22.0 Å². The lowest BCUT2D eigenvalue weighted by Gasteiger charge is -2.14. The maximum absolute atomic E-state index is 14.0. The summed E-state index contributed by atoms with van der Waals surface area (Å²) in [7, 11) is -3.23. The van der Waals surface area contributed by atoms with Crippen molar-refractivity contribution in [1.82, 2.24) is 0 Å². The van der Waals surface area contributed by atoms with E-state index >= 15 is 0 Å². The Morgan fingerprint density at radius 2 is 1.81 bits per heavy atom. The third kappa shape index (κ3) is 4.31. The third-order valence-electron chi connectivity index (χ3n) is 3.18. The van der Waals surface area contributed by atoms with Crippen molar-refractivity contribution in [2.75, 3.05) is 18.4 Å². The molecule has 0 atom stereocenters. The normalized spacial score (nSPS) is 11.1. The number of carbonyl (C=O) groups excluding carboxylic acids is 1. The van der Waals surface area contributed by atoms with Crippen molar-refractivity contribution in [3.05, 3.63) is 52.0 Å². The molecule has 2 aromatic carbocycles. The van der Waals surface area contributed by atoms with E-state index in [0.717, 1.165) is 7.11 Å². The molecule has 0 aliphatic heterocycles. The van der Waals surface area contributed by atoms with Crippen LogP contribution >= 0.6 is 15.9 Å². The highest BCUT2D eigenvalue weighted by atomic mass is 79.9. The number of methoxy groups -OCH3 is 1. The zero-order valence-corrected chi connectivity index (χ0v) is 16.1. The van der Waals surface area contributed by atoms with Crippen LogP contribution in [0.25, 0.3) is 0 Å². The number of nitrogens with one attached hydrogen (secondary N) is 1. The first-order valence-corrected chi connectivity index (χ1v) is 9.49. The first kappa shape index (κ1) is 20.1. The second kappa shape index (κ2) is 8.00. The molecule has 0 amide bonds. The van der Waals surface area contributed by atoms with Crippen molar-refractivity contribution >= 4 is 37.6 Å². The number of anilines is 1. The fourth-order valence-electron chi connectivity index (χ4n) is 2.11. The van der Waals surface area contributed by atoms with Crippen LogP contribution in [-0.4, -0.2) is 28.1 Å². The molecule has 0 aromatic heterocycles. The standard InChI is InChI=1S/C16H14BrF2NO5S/c1-3-25-13-6-9(17)4-5-14(13)26(22,23)20-10-7-11(18)15(12(19)8-10)16(21)24-2/h4-8,20H,3H2,1-2H3. The number of halogens is 3. The molecule has 26 heavy (non-hydrogen) atoms. The van der Waals surface area contributed by atoms with Crippen LogP contribution in [0, 0.1) is 11.6 Å². The Hall–Kier alpha value is -2.20. The lowest BCUT2D eigenvalue weighted by molar-refractivity contribution is 0.0590. The lowest BCUT2D eigenvalue weighted by Crippen LogP contribution is -2.16. The zero-order chi connectivity index (χ0) is 19.5. The number of hydrogen-bond acceptors (Lipinski definition) is 5. The molecule has 0 bridgehead atoms. The molecule has 0 aliphatic rings. The van der Waals surface area contributed by atoms with Crippen molar-refractivity contribution in [2.45, 2.75) is 11.8 Å². The highest BCUT2D eigenvalue weighted by molar-refractivity contribution is 9.10. The third-order valence-corrected chi connectivity index (χ3v) is 5.09. The van der Waals surface area contributed by atoms with Gasteiger partial charge < -0.3 is 9.47 Å². The summed E-state index contributed by atoms with van der Waals surface area (Å²) in [5, 5.41) is 0. The average Bonchev–Trinajstić information content (AvgIpc) is 2.53. The Bertz CT molecular complexity index is 927. The van der Waals surface area contributed by atoms with Gasteiger partial charge in [0.2, 0.25) is 0 Å². The molecule has 0 unspecified atom stereocenters. The molecule has 0 radical (unpaired) electrons. The summed E-state index contributed by atoms with van der Waals surface area (Å²) in [6, 6.07) is 5.60. The number of carbonyl (C=O) groups is 1. The molecule has 0 saturated carbocycles. The molecular formula is C16H14BrF2NO5S. The van der Waals surface area contributed by atoms with E-state index in [1.54, 1.807) is 6.92 Å². The number of hydrogen-bond donors (Lipinski definition) is 1. The average molecular weight is 450 g/mol. The van der Waals surface area contributed by atoms with Gasteiger partial charge in [0.25, 0.3) is 10.0 Å². The van der Waals surface area contributed by atoms with Gasteiger partial charge in [0.15, 0.2) is 0 Å². The van der Waals surface area contributed by atoms with Gasteiger partial charge in [-0.1, -0.05) is 15.9 Å². The van der Waals surface area contributed by atoms with E-state index in [1.807, 2.05) is 0 Å². The van der Waals surface area contributed by atoms with E-state index in [0.29, 0.717) is 16.6 Å². The molecule has 2 aromatic rings. The minimum atomic E-state index is -4.20. The molecule has 1 N–H and O–H groups in total. The van der Waals surface area contributed by atoms with Gasteiger partial charge in [0, 0.05) is 4.47 Å². The summed E-state index contributed by atoms with van der Waals surface area (Å²) in [4.78, 5) is 11.2. The smallest absolute Gasteiger partial charge is 0.343 e. The lowest BCUT2D eigenvalue weighted by atomic mass is 10.2. The van der Waals surface area contributed by atoms with E-state index in [-0.39, 0.29) is 17.3 Å². The Kier molecular flexibility index (Phi) is 6.19. The van der Waals surface area contributed by atoms with Crippen LogP contribution in [0.15, 0.2) is 39.7 Å². The number of sulfonamides is 1. The quantitative estimate of drug-likeness (QED) is 0.679. The number of benzene rings is 2. The summed E-state index contributed by atoms with van der Waals surface area (Å²) in [6.45, 7) is 1.90. The van der Waals surface area contributed by atoms with Crippen LogP contribution in [0.5, 0.6) is 5.75 Å². The first-order valence-electron chi connectivity index (χ1n) is 7.22. The maximum Gasteiger partial charge on any atom is 0.343 e. The Balaban J connectivity index is 2.43. The van der Waals surface area contributed by atoms with E-state index in [4.69, 9.17) is 4.74 Å². The van der Waals surface area contributed by atoms with Crippen molar-refractivity contribution < 1.29 is 31.5 Å². The Labute approximate surface area is 157 Å². The van der Waals surface area contributed by atoms with Gasteiger partial charge in [0.05, 0.1) is 19.4 Å². The minimum Gasteiger partial charge on any atom is -0.492 e. The number of rotatable bonds is 6. The maximum atomic E-state index is 14.0. The predicted molar refractivity (Wildman–Crippen MR) is 93.8 cm³/mol. The highest BCUT2D eigenvalue weighted by Crippen LogP contribution is 2.30. The summed E-state index contributed by atoms with van der Waals surface area (Å²) >= 11 is 3.21. The number of esters is 1. The molecule has 0 saturated heterocycles. The molecule has 10 heteroatoms. The summed E-state index contributed by atoms with van der Waals surface area (Å²) in [6.07, 6.45) is 0. The van der Waals surface area contributed by atoms with Gasteiger partial charge in [-0.15, -0.1) is 0 Å². The van der Waals surface area contributed by atoms with Crippen molar-refractivity contribution in [3.63, 3.8) is 0 Å². The monoisotopic (exact) mass is 449 g/mol. The van der Waals surface area contributed by atoms with Crippen molar-refractivity contribution in [2.24, 2.45) is 0 Å². The Morgan fingerprint density at radius 1 is 1.19 bits per heavy atom. The molecule has 0 heterocycles. The molecule has 0 spiro atoms. The molecule has 0 fully saturated rings. The van der Waals surface area contributed by atoms with Crippen LogP contribution in [0.3, 0.4) is 0 Å². The summed E-state index contributed by atoms with van der Waals surface area (Å²) in [5.74, 6) is -3.65. The second-order valence-corrected chi connectivity index (χ2v) is 7.50. The fourth-order valence-corrected chi connectivity index (χ4v) is 3.62. The molecule has 0 aliphatic carbocycles. The van der Waals surface area contributed by atoms with Crippen molar-refractivity contribution in [1.29, 1.82) is 0 Å². The van der Waals surface area contributed by atoms with Crippen molar-refractivity contribution in [3.8, 4) is 5.75 Å². The van der Waals surface area contributed by atoms with Gasteiger partial charge in [-0.3, -0.25) is 4.72 Å². The van der Waals surface area contributed by atoms with Crippen LogP contribution in [0.4, 0.5) is 14.5 Å². The van der Waals surface area contributed by atoms with Gasteiger partial charge in [-0.05, 0) is 37.3 Å².